The van der Waals surface area contributed by atoms with E-state index in [1.807, 2.05) is 6.20 Å². The van der Waals surface area contributed by atoms with Crippen LogP contribution in [0.1, 0.15) is 31.7 Å². The van der Waals surface area contributed by atoms with Crippen molar-refractivity contribution in [3.63, 3.8) is 0 Å². The zero-order valence-electron chi connectivity index (χ0n) is 18.4. The van der Waals surface area contributed by atoms with E-state index in [1.54, 1.807) is 30.3 Å². The molecule has 0 bridgehead atoms. The van der Waals surface area contributed by atoms with Crippen molar-refractivity contribution < 1.29 is 14.1 Å². The fourth-order valence-electron chi connectivity index (χ4n) is 4.64. The lowest BCUT2D eigenvalue weighted by molar-refractivity contribution is 0.532. The number of aromatic nitrogens is 5. The molecule has 1 fully saturated rings. The molecule has 1 aliphatic carbocycles. The van der Waals surface area contributed by atoms with Crippen LogP contribution >= 0.6 is 11.7 Å². The van der Waals surface area contributed by atoms with Crippen molar-refractivity contribution in [2.75, 3.05) is 10.5 Å². The van der Waals surface area contributed by atoms with Gasteiger partial charge in [-0.05, 0) is 42.7 Å². The minimum atomic E-state index is -1.70. The Morgan fingerprint density at radius 3 is 2.77 bits per heavy atom. The molecule has 6 rings (SSSR count). The fourth-order valence-corrected chi connectivity index (χ4v) is 6.25. The molecule has 5 N–H and O–H groups in total. The van der Waals surface area contributed by atoms with Gasteiger partial charge in [0, 0.05) is 17.8 Å². The van der Waals surface area contributed by atoms with Crippen molar-refractivity contribution in [3.05, 3.63) is 54.7 Å². The minimum Gasteiger partial charge on any atom is -0.412 e. The molecule has 180 valence electrons. The summed E-state index contributed by atoms with van der Waals surface area (Å²) in [5.41, 5.74) is 9.76. The average molecular weight is 512 g/mol. The van der Waals surface area contributed by atoms with Crippen LogP contribution in [-0.4, -0.2) is 33.0 Å². The van der Waals surface area contributed by atoms with Crippen LogP contribution in [0.15, 0.2) is 53.8 Å². The highest BCUT2D eigenvalue weighted by Gasteiger charge is 2.23. The second-order valence-electron chi connectivity index (χ2n) is 8.30. The van der Waals surface area contributed by atoms with Crippen LogP contribution in [0.5, 0.6) is 0 Å². The number of anilines is 2. The highest BCUT2D eigenvalue weighted by molar-refractivity contribution is 7.86. The third-order valence-corrected chi connectivity index (χ3v) is 7.97. The second-order valence-corrected chi connectivity index (χ2v) is 10.0. The summed E-state index contributed by atoms with van der Waals surface area (Å²) in [6.45, 7) is 0. The lowest BCUT2D eigenvalue weighted by Crippen LogP contribution is -2.07. The maximum Gasteiger partial charge on any atom is 0.152 e. The summed E-state index contributed by atoms with van der Waals surface area (Å²) in [6.07, 6.45) is 7.98. The number of nitrogens with two attached hydrogens (primary N) is 1. The summed E-state index contributed by atoms with van der Waals surface area (Å²) in [4.78, 5) is 9.10. The predicted molar refractivity (Wildman–Crippen MR) is 136 cm³/mol. The molecule has 1 atom stereocenters. The first-order chi connectivity index (χ1) is 16.6. The lowest BCUT2D eigenvalue weighted by atomic mass is 10.1. The molecular formula is C23H22FN7O2S2. The van der Waals surface area contributed by atoms with Crippen LogP contribution in [0, 0.1) is 5.82 Å². The van der Waals surface area contributed by atoms with Gasteiger partial charge in [0.25, 0.3) is 0 Å². The molecule has 1 saturated carbocycles. The van der Waals surface area contributed by atoms with Gasteiger partial charge >= 0.3 is 0 Å². The van der Waals surface area contributed by atoms with Crippen molar-refractivity contribution in [3.8, 4) is 11.1 Å². The number of nitrogen functional groups attached to an aromatic ring is 1. The molecule has 1 aliphatic rings. The van der Waals surface area contributed by atoms with E-state index in [9.17, 15) is 4.21 Å². The van der Waals surface area contributed by atoms with Gasteiger partial charge in [0.2, 0.25) is 0 Å². The molecule has 0 spiro atoms. The van der Waals surface area contributed by atoms with Gasteiger partial charge in [0.1, 0.15) is 34.6 Å². The van der Waals surface area contributed by atoms with Gasteiger partial charge in [-0.2, -0.15) is 8.75 Å². The van der Waals surface area contributed by atoms with Crippen LogP contribution in [-0.2, 0) is 11.0 Å². The first-order valence-electron chi connectivity index (χ1n) is 10.9. The highest BCUT2D eigenvalue weighted by Crippen LogP contribution is 2.39. The number of hydrogen-bond acceptors (Lipinski definition) is 7. The van der Waals surface area contributed by atoms with E-state index < -0.39 is 16.8 Å². The third-order valence-electron chi connectivity index (χ3n) is 6.29. The van der Waals surface area contributed by atoms with Crippen LogP contribution in [0.25, 0.3) is 33.2 Å². The Morgan fingerprint density at radius 1 is 1.14 bits per heavy atom. The summed E-state index contributed by atoms with van der Waals surface area (Å²) in [5.74, 6) is -0.156. The number of hydrogen-bond donors (Lipinski definition) is 2. The predicted octanol–water partition coefficient (Wildman–Crippen LogP) is 4.25. The molecule has 0 amide bonds. The smallest absolute Gasteiger partial charge is 0.152 e. The molecule has 3 heterocycles. The average Bonchev–Trinajstić information content (AvgIpc) is 3.59. The SMILES string of the molecule is Nc1ncnc2c1c(-c1ccc(NS(=O)c3cccc4nsnc34)c(F)c1)cn2C1CCCC1.O. The Labute approximate surface area is 206 Å². The van der Waals surface area contributed by atoms with Gasteiger partial charge in [-0.15, -0.1) is 0 Å². The van der Waals surface area contributed by atoms with Crippen molar-refractivity contribution in [2.24, 2.45) is 0 Å². The Morgan fingerprint density at radius 2 is 1.97 bits per heavy atom. The maximum absolute atomic E-state index is 15.2. The van der Waals surface area contributed by atoms with Gasteiger partial charge in [0.15, 0.2) is 11.0 Å². The zero-order chi connectivity index (χ0) is 23.2. The summed E-state index contributed by atoms with van der Waals surface area (Å²) >= 11 is 1.05. The fraction of sp³-hybridized carbons (Fsp3) is 0.217. The molecule has 35 heavy (non-hydrogen) atoms. The number of nitrogens with one attached hydrogen (secondary N) is 1. The van der Waals surface area contributed by atoms with Crippen molar-refractivity contribution in [1.82, 2.24) is 23.3 Å². The van der Waals surface area contributed by atoms with E-state index in [4.69, 9.17) is 5.73 Å². The van der Waals surface area contributed by atoms with Crippen molar-refractivity contribution >= 4 is 56.3 Å². The van der Waals surface area contributed by atoms with E-state index in [1.165, 1.54) is 25.2 Å². The summed E-state index contributed by atoms with van der Waals surface area (Å²) in [6, 6.07) is 10.4. The minimum absolute atomic E-state index is 0. The van der Waals surface area contributed by atoms with E-state index in [0.29, 0.717) is 33.4 Å². The van der Waals surface area contributed by atoms with E-state index in [0.717, 1.165) is 41.2 Å². The summed E-state index contributed by atoms with van der Waals surface area (Å²) in [7, 11) is -1.70. The molecule has 0 aliphatic heterocycles. The van der Waals surface area contributed by atoms with Crippen LogP contribution < -0.4 is 10.5 Å². The normalized spacial score (nSPS) is 14.9. The molecule has 2 aromatic carbocycles. The Bertz CT molecular complexity index is 1560. The molecule has 5 aromatic rings. The number of benzene rings is 2. The number of rotatable bonds is 5. The van der Waals surface area contributed by atoms with E-state index >= 15 is 4.39 Å². The maximum atomic E-state index is 15.2. The Balaban J connectivity index is 0.00000253. The van der Waals surface area contributed by atoms with Gasteiger partial charge in [0.05, 0.1) is 27.7 Å². The van der Waals surface area contributed by atoms with Gasteiger partial charge in [-0.25, -0.2) is 18.6 Å². The monoisotopic (exact) mass is 511 g/mol. The quantitative estimate of drug-likeness (QED) is 0.361. The van der Waals surface area contributed by atoms with E-state index in [2.05, 4.69) is 28.0 Å². The molecule has 1 unspecified atom stereocenters. The third kappa shape index (κ3) is 4.03. The Hall–Kier alpha value is -3.48. The van der Waals surface area contributed by atoms with Crippen LogP contribution in [0.4, 0.5) is 15.9 Å². The number of nitrogens with zero attached hydrogens (tertiary/aromatic N) is 5. The molecule has 0 radical (unpaired) electrons. The molecular weight excluding hydrogens is 489 g/mol. The summed E-state index contributed by atoms with van der Waals surface area (Å²) in [5, 5.41) is 0.723. The number of halogens is 1. The summed E-state index contributed by atoms with van der Waals surface area (Å²) < 4.78 is 41.4. The van der Waals surface area contributed by atoms with Crippen molar-refractivity contribution in [2.45, 2.75) is 36.6 Å². The highest BCUT2D eigenvalue weighted by atomic mass is 32.2. The standard InChI is InChI=1S/C23H20FN7OS2.H2O/c24-16-10-13(8-9-17(16)30-34(32)19-7-3-6-18-21(19)29-33-28-18)15-11-31(14-4-1-2-5-14)23-20(15)22(25)26-12-27-23;/h3,6-12,14,30H,1-2,4-5H2,(H2,25,26,27);1H2. The Kier molecular flexibility index (Phi) is 6.17. The van der Waals surface area contributed by atoms with E-state index in [-0.39, 0.29) is 11.2 Å². The molecule has 3 aromatic heterocycles. The second kappa shape index (κ2) is 9.29. The molecule has 12 heteroatoms. The number of fused-ring (bicyclic) bond motifs is 2. The first kappa shape index (κ1) is 23.3. The molecule has 9 nitrogen and oxygen atoms in total. The van der Waals surface area contributed by atoms with Crippen LogP contribution in [0.3, 0.4) is 0 Å². The van der Waals surface area contributed by atoms with Gasteiger partial charge < -0.3 is 15.8 Å². The van der Waals surface area contributed by atoms with Gasteiger partial charge in [-0.3, -0.25) is 4.72 Å². The van der Waals surface area contributed by atoms with Gasteiger partial charge in [-0.1, -0.05) is 25.0 Å². The van der Waals surface area contributed by atoms with Crippen LogP contribution in [0.2, 0.25) is 0 Å². The van der Waals surface area contributed by atoms with Crippen molar-refractivity contribution in [1.29, 1.82) is 0 Å². The first-order valence-corrected chi connectivity index (χ1v) is 12.8. The largest absolute Gasteiger partial charge is 0.412 e. The lowest BCUT2D eigenvalue weighted by Gasteiger charge is -2.12. The zero-order valence-corrected chi connectivity index (χ0v) is 20.1. The molecule has 0 saturated heterocycles. The topological polar surface area (TPSA) is 143 Å².